The average molecular weight is 390 g/mol. The number of nitrogens with zero attached hydrogens (tertiary/aromatic N) is 1. The molecule has 3 atom stereocenters. The van der Waals surface area contributed by atoms with Crippen molar-refractivity contribution in [2.75, 3.05) is 17.8 Å². The van der Waals surface area contributed by atoms with Crippen molar-refractivity contribution in [3.05, 3.63) is 18.2 Å². The molecule has 1 heterocycles. The number of aromatic nitrogens is 2. The third kappa shape index (κ3) is 7.36. The second-order valence-electron chi connectivity index (χ2n) is 5.31. The number of imidazole rings is 1. The molecule has 0 aromatic carbocycles. The number of thioether (sulfide) groups is 1. The molecule has 1 aromatic rings. The second-order valence-corrected chi connectivity index (χ2v) is 6.66. The van der Waals surface area contributed by atoms with Crippen molar-refractivity contribution in [2.24, 2.45) is 5.73 Å². The smallest absolute Gasteiger partial charge is 0.326 e. The Morgan fingerprint density at radius 2 is 2.04 bits per heavy atom. The van der Waals surface area contributed by atoms with E-state index in [-0.39, 0.29) is 18.6 Å². The number of nitrogens with two attached hydrogens (primary N) is 1. The van der Waals surface area contributed by atoms with E-state index in [0.717, 1.165) is 0 Å². The number of aromatic amines is 1. The van der Waals surface area contributed by atoms with E-state index in [2.05, 4.69) is 33.2 Å². The van der Waals surface area contributed by atoms with Gasteiger partial charge in [-0.15, -0.1) is 0 Å². The van der Waals surface area contributed by atoms with Gasteiger partial charge in [-0.25, -0.2) is 9.78 Å². The van der Waals surface area contributed by atoms with Gasteiger partial charge in [0, 0.05) is 24.1 Å². The van der Waals surface area contributed by atoms with Crippen LogP contribution in [0.5, 0.6) is 0 Å². The summed E-state index contributed by atoms with van der Waals surface area (Å²) in [4.78, 5) is 42.5. The molecule has 0 aliphatic rings. The molecular weight excluding hydrogens is 366 g/mol. The predicted molar refractivity (Wildman–Crippen MR) is 98.6 cm³/mol. The van der Waals surface area contributed by atoms with Crippen LogP contribution < -0.4 is 16.4 Å². The van der Waals surface area contributed by atoms with Crippen LogP contribution in [-0.2, 0) is 20.8 Å². The van der Waals surface area contributed by atoms with Crippen molar-refractivity contribution >= 4 is 42.2 Å². The Balaban J connectivity index is 2.82. The zero-order valence-corrected chi connectivity index (χ0v) is 15.5. The van der Waals surface area contributed by atoms with Crippen LogP contribution in [-0.4, -0.2) is 68.7 Å². The van der Waals surface area contributed by atoms with Crippen molar-refractivity contribution in [1.82, 2.24) is 20.6 Å². The number of carbonyl (C=O) groups excluding carboxylic acids is 2. The van der Waals surface area contributed by atoms with Crippen LogP contribution in [0, 0.1) is 0 Å². The first-order valence-electron chi connectivity index (χ1n) is 7.55. The maximum atomic E-state index is 12.5. The van der Waals surface area contributed by atoms with Gasteiger partial charge in [-0.05, 0) is 18.4 Å². The van der Waals surface area contributed by atoms with Gasteiger partial charge in [-0.2, -0.15) is 24.4 Å². The summed E-state index contributed by atoms with van der Waals surface area (Å²) in [6.45, 7) is 0. The number of H-pyrrole nitrogens is 1. The van der Waals surface area contributed by atoms with Crippen LogP contribution in [0.2, 0.25) is 0 Å². The van der Waals surface area contributed by atoms with Gasteiger partial charge in [0.2, 0.25) is 11.8 Å². The quantitative estimate of drug-likeness (QED) is 0.266. The van der Waals surface area contributed by atoms with Gasteiger partial charge in [0.25, 0.3) is 0 Å². The highest BCUT2D eigenvalue weighted by molar-refractivity contribution is 7.98. The SMILES string of the molecule is CSCC[C@H](NC(=O)[C@H](Cc1cnc[nH]1)NC(=O)[C@@H](N)CS)C(=O)O. The summed E-state index contributed by atoms with van der Waals surface area (Å²) in [5, 5.41) is 14.2. The monoisotopic (exact) mass is 389 g/mol. The van der Waals surface area contributed by atoms with E-state index < -0.39 is 35.9 Å². The molecule has 9 nitrogen and oxygen atoms in total. The van der Waals surface area contributed by atoms with Gasteiger partial charge in [0.1, 0.15) is 12.1 Å². The third-order valence-corrected chi connectivity index (χ3v) is 4.41. The fourth-order valence-corrected chi connectivity index (χ4v) is 2.59. The van der Waals surface area contributed by atoms with Gasteiger partial charge >= 0.3 is 5.97 Å². The number of hydrogen-bond donors (Lipinski definition) is 6. The topological polar surface area (TPSA) is 150 Å². The first kappa shape index (κ1) is 21.3. The fourth-order valence-electron chi connectivity index (χ4n) is 1.95. The fraction of sp³-hybridized carbons (Fsp3) is 0.571. The van der Waals surface area contributed by atoms with Crippen molar-refractivity contribution in [3.63, 3.8) is 0 Å². The van der Waals surface area contributed by atoms with Crippen molar-refractivity contribution in [3.8, 4) is 0 Å². The number of carbonyl (C=O) groups is 3. The van der Waals surface area contributed by atoms with Gasteiger partial charge < -0.3 is 26.5 Å². The highest BCUT2D eigenvalue weighted by Gasteiger charge is 2.28. The van der Waals surface area contributed by atoms with Gasteiger partial charge in [-0.1, -0.05) is 0 Å². The summed E-state index contributed by atoms with van der Waals surface area (Å²) in [5.41, 5.74) is 6.24. The summed E-state index contributed by atoms with van der Waals surface area (Å²) in [6.07, 6.45) is 5.23. The van der Waals surface area contributed by atoms with E-state index in [1.807, 2.05) is 6.26 Å². The van der Waals surface area contributed by atoms with E-state index in [4.69, 9.17) is 5.73 Å². The van der Waals surface area contributed by atoms with Gasteiger partial charge in [0.05, 0.1) is 12.4 Å². The number of aliphatic carboxylic acids is 1. The Labute approximate surface area is 155 Å². The van der Waals surface area contributed by atoms with E-state index in [1.54, 1.807) is 0 Å². The first-order chi connectivity index (χ1) is 11.9. The van der Waals surface area contributed by atoms with Crippen molar-refractivity contribution in [1.29, 1.82) is 0 Å². The minimum atomic E-state index is -1.12. The normalized spacial score (nSPS) is 14.4. The molecule has 0 aliphatic carbocycles. The molecule has 0 unspecified atom stereocenters. The minimum absolute atomic E-state index is 0.121. The molecular formula is C14H23N5O4S2. The summed E-state index contributed by atoms with van der Waals surface area (Å²) in [7, 11) is 0. The zero-order valence-electron chi connectivity index (χ0n) is 13.8. The van der Waals surface area contributed by atoms with Crippen molar-refractivity contribution < 1.29 is 19.5 Å². The van der Waals surface area contributed by atoms with Crippen molar-refractivity contribution in [2.45, 2.75) is 31.0 Å². The molecule has 1 rings (SSSR count). The second kappa shape index (κ2) is 11.0. The number of hydrogen-bond acceptors (Lipinski definition) is 7. The average Bonchev–Trinajstić information content (AvgIpc) is 3.09. The van der Waals surface area contributed by atoms with Crippen LogP contribution >= 0.6 is 24.4 Å². The Morgan fingerprint density at radius 1 is 1.36 bits per heavy atom. The Kier molecular flexibility index (Phi) is 9.39. The molecule has 0 fully saturated rings. The summed E-state index contributed by atoms with van der Waals surface area (Å²) in [6, 6.07) is -2.87. The molecule has 11 heteroatoms. The van der Waals surface area contributed by atoms with Gasteiger partial charge in [0.15, 0.2) is 0 Å². The van der Waals surface area contributed by atoms with Gasteiger partial charge in [-0.3, -0.25) is 9.59 Å². The number of carboxylic acid groups (broad SMARTS) is 1. The van der Waals surface area contributed by atoms with E-state index in [0.29, 0.717) is 11.4 Å². The number of rotatable bonds is 11. The maximum absolute atomic E-state index is 12.5. The highest BCUT2D eigenvalue weighted by Crippen LogP contribution is 2.04. The lowest BCUT2D eigenvalue weighted by Gasteiger charge is -2.22. The molecule has 1 aromatic heterocycles. The van der Waals surface area contributed by atoms with E-state index in [1.165, 1.54) is 24.3 Å². The summed E-state index contributed by atoms with van der Waals surface area (Å²) < 4.78 is 0. The number of nitrogens with one attached hydrogen (secondary N) is 3. The molecule has 0 spiro atoms. The summed E-state index contributed by atoms with van der Waals surface area (Å²) >= 11 is 5.44. The van der Waals surface area contributed by atoms with Crippen LogP contribution in [0.3, 0.4) is 0 Å². The van der Waals surface area contributed by atoms with Crippen LogP contribution in [0.1, 0.15) is 12.1 Å². The maximum Gasteiger partial charge on any atom is 0.326 e. The minimum Gasteiger partial charge on any atom is -0.480 e. The Hall–Kier alpha value is -1.72. The summed E-state index contributed by atoms with van der Waals surface area (Å²) in [5.74, 6) is -1.55. The molecule has 0 saturated heterocycles. The van der Waals surface area contributed by atoms with E-state index >= 15 is 0 Å². The highest BCUT2D eigenvalue weighted by atomic mass is 32.2. The lowest BCUT2D eigenvalue weighted by molar-refractivity contribution is -0.142. The zero-order chi connectivity index (χ0) is 18.8. The number of thiol groups is 1. The number of amides is 2. The first-order valence-corrected chi connectivity index (χ1v) is 9.57. The van der Waals surface area contributed by atoms with E-state index in [9.17, 15) is 19.5 Å². The lowest BCUT2D eigenvalue weighted by atomic mass is 10.1. The number of carboxylic acids is 1. The molecule has 140 valence electrons. The Bertz CT molecular complexity index is 570. The molecule has 25 heavy (non-hydrogen) atoms. The predicted octanol–water partition coefficient (Wildman–Crippen LogP) is -0.983. The Morgan fingerprint density at radius 3 is 2.56 bits per heavy atom. The largest absolute Gasteiger partial charge is 0.480 e. The third-order valence-electron chi connectivity index (χ3n) is 3.37. The van der Waals surface area contributed by atoms with Crippen LogP contribution in [0.25, 0.3) is 0 Å². The van der Waals surface area contributed by atoms with Crippen LogP contribution in [0.15, 0.2) is 12.5 Å². The van der Waals surface area contributed by atoms with Crippen LogP contribution in [0.4, 0.5) is 0 Å². The molecule has 2 amide bonds. The molecule has 6 N–H and O–H groups in total. The molecule has 0 bridgehead atoms. The standard InChI is InChI=1S/C14H23N5O4S2/c1-25-3-2-10(14(22)23)18-13(21)11(4-8-5-16-7-17-8)19-12(20)9(15)6-24/h5,7,9-11,24H,2-4,6,15H2,1H3,(H,16,17)(H,18,21)(H,19,20)(H,22,23)/t9-,10-,11-/m0/s1. The lowest BCUT2D eigenvalue weighted by Crippen LogP contribution is -2.55. The molecule has 0 aliphatic heterocycles. The molecule has 0 radical (unpaired) electrons. The molecule has 0 saturated carbocycles.